The van der Waals surface area contributed by atoms with E-state index in [9.17, 15) is 4.79 Å². The van der Waals surface area contributed by atoms with Crippen LogP contribution in [0, 0.1) is 0 Å². The summed E-state index contributed by atoms with van der Waals surface area (Å²) in [4.78, 5) is 16.6. The first-order valence-corrected chi connectivity index (χ1v) is 5.83. The summed E-state index contributed by atoms with van der Waals surface area (Å²) in [6, 6.07) is 5.61. The van der Waals surface area contributed by atoms with Gasteiger partial charge in [0.15, 0.2) is 0 Å². The van der Waals surface area contributed by atoms with E-state index in [1.54, 1.807) is 0 Å². The molecule has 1 aliphatic rings. The third-order valence-corrected chi connectivity index (χ3v) is 3.29. The van der Waals surface area contributed by atoms with Crippen molar-refractivity contribution in [2.45, 2.75) is 25.0 Å². The lowest BCUT2D eigenvalue weighted by atomic mass is 10.00. The number of H-pyrrole nitrogens is 2. The highest BCUT2D eigenvalue weighted by atomic mass is 16.5. The second-order valence-electron chi connectivity index (χ2n) is 4.46. The van der Waals surface area contributed by atoms with Gasteiger partial charge < -0.3 is 20.4 Å². The molecule has 0 amide bonds. The zero-order chi connectivity index (χ0) is 11.8. The summed E-state index contributed by atoms with van der Waals surface area (Å²) < 4.78 is 5.58. The van der Waals surface area contributed by atoms with Gasteiger partial charge in [-0.3, -0.25) is 0 Å². The number of aromatic amines is 2. The van der Waals surface area contributed by atoms with Crippen LogP contribution in [-0.4, -0.2) is 22.7 Å². The second kappa shape index (κ2) is 4.01. The van der Waals surface area contributed by atoms with E-state index in [0.717, 1.165) is 36.0 Å². The lowest BCUT2D eigenvalue weighted by Crippen LogP contribution is -2.25. The average Bonchev–Trinajstić information content (AvgIpc) is 2.94. The first-order valence-electron chi connectivity index (χ1n) is 5.83. The van der Waals surface area contributed by atoms with Crippen LogP contribution in [0.25, 0.3) is 11.0 Å². The number of hydrogen-bond acceptors (Lipinski definition) is 3. The summed E-state index contributed by atoms with van der Waals surface area (Å²) in [5.74, 6) is 0. The molecule has 90 valence electrons. The Hall–Kier alpha value is -1.59. The molecular formula is C12H15N3O2. The Balaban J connectivity index is 1.96. The number of imidazole rings is 1. The summed E-state index contributed by atoms with van der Waals surface area (Å²) in [5.41, 5.74) is 8.58. The van der Waals surface area contributed by atoms with E-state index in [1.807, 2.05) is 18.2 Å². The van der Waals surface area contributed by atoms with Crippen LogP contribution in [-0.2, 0) is 4.74 Å². The normalized spacial score (nSPS) is 22.1. The van der Waals surface area contributed by atoms with Crippen LogP contribution in [0.2, 0.25) is 0 Å². The van der Waals surface area contributed by atoms with E-state index in [1.165, 1.54) is 0 Å². The fourth-order valence-electron chi connectivity index (χ4n) is 2.36. The molecule has 0 spiro atoms. The van der Waals surface area contributed by atoms with Crippen molar-refractivity contribution >= 4 is 11.0 Å². The maximum absolute atomic E-state index is 11.2. The Kier molecular flexibility index (Phi) is 2.49. The fraction of sp³-hybridized carbons (Fsp3) is 0.417. The van der Waals surface area contributed by atoms with Crippen molar-refractivity contribution in [1.82, 2.24) is 9.97 Å². The monoisotopic (exact) mass is 233 g/mol. The van der Waals surface area contributed by atoms with E-state index in [2.05, 4.69) is 9.97 Å². The minimum Gasteiger partial charge on any atom is -0.376 e. The van der Waals surface area contributed by atoms with E-state index in [0.29, 0.717) is 0 Å². The third-order valence-electron chi connectivity index (χ3n) is 3.29. The molecule has 1 saturated heterocycles. The lowest BCUT2D eigenvalue weighted by molar-refractivity contribution is 0.0901. The molecule has 0 bridgehead atoms. The molecule has 2 unspecified atom stereocenters. The van der Waals surface area contributed by atoms with E-state index in [4.69, 9.17) is 10.5 Å². The van der Waals surface area contributed by atoms with Crippen LogP contribution >= 0.6 is 0 Å². The summed E-state index contributed by atoms with van der Waals surface area (Å²) in [7, 11) is 0. The van der Waals surface area contributed by atoms with Crippen molar-refractivity contribution in [2.24, 2.45) is 5.73 Å². The summed E-state index contributed by atoms with van der Waals surface area (Å²) in [6.45, 7) is 0.793. The number of fused-ring (bicyclic) bond motifs is 1. The van der Waals surface area contributed by atoms with Gasteiger partial charge in [-0.05, 0) is 30.5 Å². The van der Waals surface area contributed by atoms with Crippen LogP contribution in [0.5, 0.6) is 0 Å². The Bertz CT molecular complexity index is 581. The minimum atomic E-state index is -0.192. The number of hydrogen-bond donors (Lipinski definition) is 3. The second-order valence-corrected chi connectivity index (χ2v) is 4.46. The van der Waals surface area contributed by atoms with Gasteiger partial charge in [0.05, 0.1) is 23.2 Å². The van der Waals surface area contributed by atoms with Crippen LogP contribution < -0.4 is 11.4 Å². The molecule has 2 heterocycles. The molecule has 2 aromatic rings. The molecule has 17 heavy (non-hydrogen) atoms. The van der Waals surface area contributed by atoms with Gasteiger partial charge in [-0.2, -0.15) is 0 Å². The van der Waals surface area contributed by atoms with E-state index >= 15 is 0 Å². The molecule has 1 aromatic carbocycles. The topological polar surface area (TPSA) is 83.9 Å². The van der Waals surface area contributed by atoms with Crippen molar-refractivity contribution in [3.05, 3.63) is 34.2 Å². The largest absolute Gasteiger partial charge is 0.376 e. The number of aromatic nitrogens is 2. The number of rotatable bonds is 2. The average molecular weight is 233 g/mol. The van der Waals surface area contributed by atoms with E-state index < -0.39 is 0 Å². The highest BCUT2D eigenvalue weighted by Crippen LogP contribution is 2.26. The lowest BCUT2D eigenvalue weighted by Gasteiger charge is -2.18. The Morgan fingerprint density at radius 2 is 2.18 bits per heavy atom. The molecule has 1 fully saturated rings. The molecule has 1 aromatic heterocycles. The molecule has 2 atom stereocenters. The molecule has 4 N–H and O–H groups in total. The van der Waals surface area contributed by atoms with Crippen LogP contribution in [0.3, 0.4) is 0 Å². The van der Waals surface area contributed by atoms with Gasteiger partial charge in [0, 0.05) is 6.61 Å². The maximum atomic E-state index is 11.2. The minimum absolute atomic E-state index is 0.0955. The van der Waals surface area contributed by atoms with Gasteiger partial charge >= 0.3 is 5.69 Å². The van der Waals surface area contributed by atoms with Crippen molar-refractivity contribution in [2.75, 3.05) is 6.61 Å². The van der Waals surface area contributed by atoms with Crippen LogP contribution in [0.1, 0.15) is 24.4 Å². The summed E-state index contributed by atoms with van der Waals surface area (Å²) >= 11 is 0. The van der Waals surface area contributed by atoms with E-state index in [-0.39, 0.29) is 17.8 Å². The number of nitrogens with two attached hydrogens (primary N) is 1. The molecule has 0 radical (unpaired) electrons. The molecule has 5 nitrogen and oxygen atoms in total. The van der Waals surface area contributed by atoms with Crippen molar-refractivity contribution < 1.29 is 4.74 Å². The first-order chi connectivity index (χ1) is 8.24. The Morgan fingerprint density at radius 3 is 2.94 bits per heavy atom. The molecule has 0 aliphatic carbocycles. The van der Waals surface area contributed by atoms with Gasteiger partial charge in [-0.25, -0.2) is 4.79 Å². The Morgan fingerprint density at radius 1 is 1.35 bits per heavy atom. The quantitative estimate of drug-likeness (QED) is 0.724. The maximum Gasteiger partial charge on any atom is 0.323 e. The van der Waals surface area contributed by atoms with Crippen molar-refractivity contribution in [3.8, 4) is 0 Å². The van der Waals surface area contributed by atoms with Crippen molar-refractivity contribution in [1.29, 1.82) is 0 Å². The fourth-order valence-corrected chi connectivity index (χ4v) is 2.36. The predicted octanol–water partition coefficient (Wildman–Crippen LogP) is 1.04. The van der Waals surface area contributed by atoms with Gasteiger partial charge in [0.25, 0.3) is 0 Å². The molecule has 5 heteroatoms. The summed E-state index contributed by atoms with van der Waals surface area (Å²) in [6.07, 6.45) is 2.17. The van der Waals surface area contributed by atoms with Gasteiger partial charge in [-0.15, -0.1) is 0 Å². The zero-order valence-electron chi connectivity index (χ0n) is 9.40. The highest BCUT2D eigenvalue weighted by molar-refractivity contribution is 5.75. The number of ether oxygens (including phenoxy) is 1. The Labute approximate surface area is 98.0 Å². The van der Waals surface area contributed by atoms with Gasteiger partial charge in [-0.1, -0.05) is 6.07 Å². The summed E-state index contributed by atoms with van der Waals surface area (Å²) in [5, 5.41) is 0. The van der Waals surface area contributed by atoms with Gasteiger partial charge in [0.2, 0.25) is 0 Å². The highest BCUT2D eigenvalue weighted by Gasteiger charge is 2.24. The number of benzene rings is 1. The van der Waals surface area contributed by atoms with Crippen LogP contribution in [0.15, 0.2) is 23.0 Å². The SMILES string of the molecule is NC(c1ccc2[nH]c(=O)[nH]c2c1)C1CCCO1. The molecule has 0 saturated carbocycles. The molecular weight excluding hydrogens is 218 g/mol. The zero-order valence-corrected chi connectivity index (χ0v) is 9.40. The first kappa shape index (κ1) is 10.6. The van der Waals surface area contributed by atoms with Crippen LogP contribution in [0.4, 0.5) is 0 Å². The smallest absolute Gasteiger partial charge is 0.323 e. The van der Waals surface area contributed by atoms with Crippen molar-refractivity contribution in [3.63, 3.8) is 0 Å². The molecule has 1 aliphatic heterocycles. The standard InChI is InChI=1S/C12H15N3O2/c13-11(10-2-1-5-17-10)7-3-4-8-9(6-7)15-12(16)14-8/h3-4,6,10-11H,1-2,5,13H2,(H2,14,15,16). The third kappa shape index (κ3) is 1.87. The van der Waals surface area contributed by atoms with Gasteiger partial charge in [0.1, 0.15) is 0 Å². The number of nitrogens with one attached hydrogen (secondary N) is 2. The predicted molar refractivity (Wildman–Crippen MR) is 64.8 cm³/mol. The molecule has 3 rings (SSSR count).